The maximum Gasteiger partial charge on any atom is 0.121 e. The maximum absolute atomic E-state index is 4.79. The topological polar surface area (TPSA) is 73.5 Å². The average Bonchev–Trinajstić information content (AvgIpc) is 3.36. The first-order chi connectivity index (χ1) is 13.4. The molecule has 1 aliphatic carbocycles. The first kappa shape index (κ1) is 18.8. The number of hydrogen-bond acceptors (Lipinski definition) is 4. The Morgan fingerprint density at radius 1 is 1.11 bits per heavy atom. The summed E-state index contributed by atoms with van der Waals surface area (Å²) in [6, 6.07) is 12.7. The highest BCUT2D eigenvalue weighted by Gasteiger charge is 2.28. The maximum atomic E-state index is 4.79. The molecule has 1 aromatic carbocycles. The minimum Gasteiger partial charge on any atom is -0.347 e. The Labute approximate surface area is 174 Å². The van der Waals surface area contributed by atoms with E-state index >= 15 is 0 Å². The fourth-order valence-corrected chi connectivity index (χ4v) is 4.08. The number of H-pyrrole nitrogens is 2. The second-order valence-electron chi connectivity index (χ2n) is 7.14. The summed E-state index contributed by atoms with van der Waals surface area (Å²) in [4.78, 5) is 22.9. The van der Waals surface area contributed by atoms with E-state index in [-0.39, 0.29) is 23.0 Å². The zero-order chi connectivity index (χ0) is 18.1. The second kappa shape index (κ2) is 8.24. The van der Waals surface area contributed by atoms with E-state index in [1.165, 1.54) is 17.7 Å². The number of imidazole rings is 2. The van der Waals surface area contributed by atoms with Gasteiger partial charge in [-0.2, -0.15) is 0 Å². The number of fused-ring (bicyclic) bond motifs is 2. The van der Waals surface area contributed by atoms with Crippen LogP contribution in [0.2, 0.25) is 0 Å². The van der Waals surface area contributed by atoms with Gasteiger partial charge in [0.05, 0.1) is 35.6 Å². The summed E-state index contributed by atoms with van der Waals surface area (Å²) < 4.78 is 0. The van der Waals surface area contributed by atoms with Crippen molar-refractivity contribution in [2.45, 2.75) is 38.4 Å². The first-order valence-corrected chi connectivity index (χ1v) is 9.45. The molecule has 0 amide bonds. The summed E-state index contributed by atoms with van der Waals surface area (Å²) in [5.41, 5.74) is 5.77. The van der Waals surface area contributed by atoms with Gasteiger partial charge in [-0.1, -0.05) is 18.2 Å². The smallest absolute Gasteiger partial charge is 0.121 e. The number of pyridine rings is 1. The number of hydrogen-bond donors (Lipinski definition) is 2. The van der Waals surface area contributed by atoms with Crippen LogP contribution in [0.25, 0.3) is 11.0 Å². The standard InChI is InChI=1S/C21H22N6.BrH/c1-2-8-18-17(7-1)25-20(26-18)13-27(12-16-11-22-14-24-16)19-9-3-5-15-6-4-10-23-21(15)19;/h1-2,4,6-8,10-11,14,19H,3,5,9,12-13H2,(H,22,24)(H,25,26);1H. The lowest BCUT2D eigenvalue weighted by molar-refractivity contribution is 0.152. The highest BCUT2D eigenvalue weighted by molar-refractivity contribution is 8.93. The number of rotatable bonds is 5. The molecule has 0 aliphatic heterocycles. The third-order valence-corrected chi connectivity index (χ3v) is 5.33. The monoisotopic (exact) mass is 438 g/mol. The summed E-state index contributed by atoms with van der Waals surface area (Å²) in [6.45, 7) is 1.53. The molecule has 0 spiro atoms. The summed E-state index contributed by atoms with van der Waals surface area (Å²) in [7, 11) is 0. The molecule has 1 atom stereocenters. The van der Waals surface area contributed by atoms with Gasteiger partial charge in [-0.15, -0.1) is 17.0 Å². The van der Waals surface area contributed by atoms with E-state index in [1.807, 2.05) is 36.7 Å². The number of benzene rings is 1. The lowest BCUT2D eigenvalue weighted by atomic mass is 9.90. The van der Waals surface area contributed by atoms with Gasteiger partial charge in [0.25, 0.3) is 0 Å². The Balaban J connectivity index is 0.00000192. The molecule has 0 saturated heterocycles. The molecule has 0 saturated carbocycles. The molecule has 1 unspecified atom stereocenters. The Morgan fingerprint density at radius 3 is 2.89 bits per heavy atom. The van der Waals surface area contributed by atoms with E-state index in [0.717, 1.165) is 48.5 Å². The molecule has 3 heterocycles. The van der Waals surface area contributed by atoms with E-state index in [1.54, 1.807) is 6.33 Å². The molecule has 6 nitrogen and oxygen atoms in total. The Morgan fingerprint density at radius 2 is 2.04 bits per heavy atom. The Hall–Kier alpha value is -2.51. The van der Waals surface area contributed by atoms with E-state index in [0.29, 0.717) is 0 Å². The number of nitrogens with one attached hydrogen (secondary N) is 2. The minimum absolute atomic E-state index is 0. The van der Waals surface area contributed by atoms with Crippen molar-refractivity contribution in [3.8, 4) is 0 Å². The van der Waals surface area contributed by atoms with Gasteiger partial charge in [0.2, 0.25) is 0 Å². The van der Waals surface area contributed by atoms with Crippen LogP contribution in [0.3, 0.4) is 0 Å². The molecule has 4 aromatic rings. The third kappa shape index (κ3) is 3.72. The normalized spacial score (nSPS) is 16.1. The lowest BCUT2D eigenvalue weighted by Gasteiger charge is -2.34. The van der Waals surface area contributed by atoms with Crippen LogP contribution in [0.4, 0.5) is 0 Å². The number of nitrogens with zero attached hydrogens (tertiary/aromatic N) is 4. The van der Waals surface area contributed by atoms with Gasteiger partial charge in [0.15, 0.2) is 0 Å². The summed E-state index contributed by atoms with van der Waals surface area (Å²) in [5, 5.41) is 0. The number of halogens is 1. The number of para-hydroxylation sites is 2. The van der Waals surface area contributed by atoms with Crippen molar-refractivity contribution in [3.63, 3.8) is 0 Å². The molecule has 0 bridgehead atoms. The molecule has 5 rings (SSSR count). The van der Waals surface area contributed by atoms with Gasteiger partial charge in [0, 0.05) is 24.6 Å². The molecule has 7 heteroatoms. The largest absolute Gasteiger partial charge is 0.347 e. The summed E-state index contributed by atoms with van der Waals surface area (Å²) in [5.74, 6) is 0.985. The summed E-state index contributed by atoms with van der Waals surface area (Å²) >= 11 is 0. The van der Waals surface area contributed by atoms with Crippen molar-refractivity contribution in [2.75, 3.05) is 0 Å². The summed E-state index contributed by atoms with van der Waals surface area (Å²) in [6.07, 6.45) is 8.95. The molecule has 0 radical (unpaired) electrons. The third-order valence-electron chi connectivity index (χ3n) is 5.33. The van der Waals surface area contributed by atoms with Crippen LogP contribution in [0, 0.1) is 0 Å². The molecule has 1 aliphatic rings. The van der Waals surface area contributed by atoms with Gasteiger partial charge >= 0.3 is 0 Å². The predicted octanol–water partition coefficient (Wildman–Crippen LogP) is 4.34. The quantitative estimate of drug-likeness (QED) is 0.485. The lowest BCUT2D eigenvalue weighted by Crippen LogP contribution is -2.32. The van der Waals surface area contributed by atoms with E-state index in [2.05, 4.69) is 32.0 Å². The van der Waals surface area contributed by atoms with Crippen LogP contribution >= 0.6 is 17.0 Å². The fraction of sp³-hybridized carbons (Fsp3) is 0.286. The van der Waals surface area contributed by atoms with Crippen molar-refractivity contribution < 1.29 is 0 Å². The predicted molar refractivity (Wildman–Crippen MR) is 114 cm³/mol. The minimum atomic E-state index is 0. The van der Waals surface area contributed by atoms with Gasteiger partial charge in [-0.25, -0.2) is 9.97 Å². The molecule has 0 fully saturated rings. The SMILES string of the molecule is Br.c1cnc2c(c1)CCCC2N(Cc1cnc[nH]1)Cc1nc2ccccc2[nH]1. The van der Waals surface area contributed by atoms with Gasteiger partial charge in [-0.3, -0.25) is 9.88 Å². The molecular weight excluding hydrogens is 416 g/mol. The zero-order valence-electron chi connectivity index (χ0n) is 15.5. The first-order valence-electron chi connectivity index (χ1n) is 9.45. The van der Waals surface area contributed by atoms with Crippen molar-refractivity contribution in [1.29, 1.82) is 0 Å². The van der Waals surface area contributed by atoms with Crippen molar-refractivity contribution >= 4 is 28.0 Å². The molecule has 2 N–H and O–H groups in total. The number of aryl methyl sites for hydroxylation is 1. The van der Waals surface area contributed by atoms with Crippen LogP contribution in [0.1, 0.15) is 41.7 Å². The van der Waals surface area contributed by atoms with Crippen LogP contribution in [0.15, 0.2) is 55.1 Å². The molecular formula is C21H23BrN6. The van der Waals surface area contributed by atoms with Crippen LogP contribution < -0.4 is 0 Å². The van der Waals surface area contributed by atoms with Gasteiger partial charge < -0.3 is 9.97 Å². The van der Waals surface area contributed by atoms with Crippen LogP contribution in [0.5, 0.6) is 0 Å². The highest BCUT2D eigenvalue weighted by atomic mass is 79.9. The van der Waals surface area contributed by atoms with Gasteiger partial charge in [-0.05, 0) is 43.0 Å². The molecule has 3 aromatic heterocycles. The van der Waals surface area contributed by atoms with E-state index in [9.17, 15) is 0 Å². The van der Waals surface area contributed by atoms with Crippen molar-refractivity contribution in [1.82, 2.24) is 29.8 Å². The van der Waals surface area contributed by atoms with Gasteiger partial charge in [0.1, 0.15) is 5.82 Å². The van der Waals surface area contributed by atoms with E-state index < -0.39 is 0 Å². The fourth-order valence-electron chi connectivity index (χ4n) is 4.08. The highest BCUT2D eigenvalue weighted by Crippen LogP contribution is 2.34. The molecule has 144 valence electrons. The zero-order valence-corrected chi connectivity index (χ0v) is 17.2. The van der Waals surface area contributed by atoms with E-state index in [4.69, 9.17) is 9.97 Å². The van der Waals surface area contributed by atoms with Crippen molar-refractivity contribution in [2.24, 2.45) is 0 Å². The average molecular weight is 439 g/mol. The molecule has 28 heavy (non-hydrogen) atoms. The number of aromatic amines is 2. The Bertz CT molecular complexity index is 1010. The van der Waals surface area contributed by atoms with Crippen molar-refractivity contribution in [3.05, 3.63) is 77.9 Å². The number of aromatic nitrogens is 5. The van der Waals surface area contributed by atoms with Crippen LogP contribution in [-0.2, 0) is 19.5 Å². The second-order valence-corrected chi connectivity index (χ2v) is 7.14. The Kier molecular flexibility index (Phi) is 5.54. The van der Waals surface area contributed by atoms with Crippen LogP contribution in [-0.4, -0.2) is 29.8 Å².